The first-order chi connectivity index (χ1) is 9.81. The molecule has 0 bridgehead atoms. The molecule has 0 aromatic heterocycles. The molecule has 1 aliphatic heterocycles. The SMILES string of the molecule is C=C(C)CNC(=S)N1CCN(C(=S)NCC(=C)C)[C@@H](C)C1. The molecule has 0 saturated carbocycles. The van der Waals surface area contributed by atoms with Gasteiger partial charge < -0.3 is 20.4 Å². The monoisotopic (exact) mass is 326 g/mol. The summed E-state index contributed by atoms with van der Waals surface area (Å²) in [5.74, 6) is 0. The molecular formula is C15H26N4S2. The van der Waals surface area contributed by atoms with Crippen LogP contribution in [0.5, 0.6) is 0 Å². The predicted molar refractivity (Wildman–Crippen MR) is 98.6 cm³/mol. The molecule has 2 N–H and O–H groups in total. The van der Waals surface area contributed by atoms with Gasteiger partial charge in [-0.2, -0.15) is 0 Å². The lowest BCUT2D eigenvalue weighted by Crippen LogP contribution is -2.59. The van der Waals surface area contributed by atoms with Crippen molar-refractivity contribution in [2.24, 2.45) is 0 Å². The fourth-order valence-electron chi connectivity index (χ4n) is 2.11. The fourth-order valence-corrected chi connectivity index (χ4v) is 2.69. The van der Waals surface area contributed by atoms with Gasteiger partial charge in [-0.1, -0.05) is 24.3 Å². The van der Waals surface area contributed by atoms with Crippen LogP contribution in [0.2, 0.25) is 0 Å². The third-order valence-electron chi connectivity index (χ3n) is 3.26. The fraction of sp³-hybridized carbons (Fsp3) is 0.600. The summed E-state index contributed by atoms with van der Waals surface area (Å²) in [6, 6.07) is 0.327. The van der Waals surface area contributed by atoms with E-state index in [2.05, 4.69) is 40.5 Å². The summed E-state index contributed by atoms with van der Waals surface area (Å²) in [5, 5.41) is 8.08. The summed E-state index contributed by atoms with van der Waals surface area (Å²) in [6.07, 6.45) is 0. The topological polar surface area (TPSA) is 30.5 Å². The maximum atomic E-state index is 5.45. The van der Waals surface area contributed by atoms with Crippen molar-refractivity contribution >= 4 is 34.7 Å². The van der Waals surface area contributed by atoms with E-state index >= 15 is 0 Å². The van der Waals surface area contributed by atoms with E-state index in [0.717, 1.165) is 54.1 Å². The highest BCUT2D eigenvalue weighted by Crippen LogP contribution is 2.10. The lowest BCUT2D eigenvalue weighted by atomic mass is 10.2. The van der Waals surface area contributed by atoms with Crippen molar-refractivity contribution in [2.45, 2.75) is 26.8 Å². The zero-order valence-electron chi connectivity index (χ0n) is 13.2. The van der Waals surface area contributed by atoms with Gasteiger partial charge in [0.25, 0.3) is 0 Å². The second-order valence-electron chi connectivity index (χ2n) is 5.72. The molecule has 0 unspecified atom stereocenters. The molecule has 4 nitrogen and oxygen atoms in total. The zero-order valence-corrected chi connectivity index (χ0v) is 14.9. The van der Waals surface area contributed by atoms with Gasteiger partial charge in [0.15, 0.2) is 10.2 Å². The van der Waals surface area contributed by atoms with Crippen LogP contribution in [0.25, 0.3) is 0 Å². The quantitative estimate of drug-likeness (QED) is 0.606. The Labute approximate surface area is 139 Å². The number of nitrogens with one attached hydrogen (secondary N) is 2. The Kier molecular flexibility index (Phi) is 7.11. The van der Waals surface area contributed by atoms with E-state index in [0.29, 0.717) is 6.04 Å². The first-order valence-corrected chi connectivity index (χ1v) is 7.99. The summed E-state index contributed by atoms with van der Waals surface area (Å²) in [7, 11) is 0. The van der Waals surface area contributed by atoms with Gasteiger partial charge in [0.05, 0.1) is 0 Å². The third kappa shape index (κ3) is 6.01. The van der Waals surface area contributed by atoms with E-state index in [-0.39, 0.29) is 0 Å². The Morgan fingerprint density at radius 3 is 2.05 bits per heavy atom. The summed E-state index contributed by atoms with van der Waals surface area (Å²) in [4.78, 5) is 4.41. The van der Waals surface area contributed by atoms with Gasteiger partial charge in [0, 0.05) is 38.8 Å². The predicted octanol–water partition coefficient (Wildman–Crippen LogP) is 1.89. The molecule has 6 heteroatoms. The number of hydrogen-bond donors (Lipinski definition) is 2. The van der Waals surface area contributed by atoms with Crippen molar-refractivity contribution in [1.82, 2.24) is 20.4 Å². The van der Waals surface area contributed by atoms with Crippen LogP contribution in [0, 0.1) is 0 Å². The summed E-state index contributed by atoms with van der Waals surface area (Å²) in [5.41, 5.74) is 2.16. The first kappa shape index (κ1) is 17.9. The van der Waals surface area contributed by atoms with E-state index in [1.807, 2.05) is 13.8 Å². The molecule has 1 rings (SSSR count). The molecule has 0 amide bonds. The molecule has 0 aromatic rings. The van der Waals surface area contributed by atoms with Gasteiger partial charge in [-0.3, -0.25) is 0 Å². The normalized spacial score (nSPS) is 18.1. The van der Waals surface area contributed by atoms with Crippen LogP contribution >= 0.6 is 24.4 Å². The van der Waals surface area contributed by atoms with E-state index in [1.165, 1.54) is 0 Å². The molecule has 0 spiro atoms. The van der Waals surface area contributed by atoms with Crippen molar-refractivity contribution in [3.63, 3.8) is 0 Å². The van der Waals surface area contributed by atoms with E-state index < -0.39 is 0 Å². The molecule has 1 saturated heterocycles. The minimum Gasteiger partial charge on any atom is -0.359 e. The van der Waals surface area contributed by atoms with E-state index in [4.69, 9.17) is 24.4 Å². The van der Waals surface area contributed by atoms with E-state index in [1.54, 1.807) is 0 Å². The molecule has 0 radical (unpaired) electrons. The Morgan fingerprint density at radius 2 is 1.57 bits per heavy atom. The minimum absolute atomic E-state index is 0.327. The van der Waals surface area contributed by atoms with Crippen molar-refractivity contribution < 1.29 is 0 Å². The van der Waals surface area contributed by atoms with Gasteiger partial charge in [-0.05, 0) is 45.2 Å². The van der Waals surface area contributed by atoms with Crippen LogP contribution in [-0.4, -0.2) is 58.8 Å². The second kappa shape index (κ2) is 8.34. The van der Waals surface area contributed by atoms with Gasteiger partial charge in [-0.25, -0.2) is 0 Å². The largest absolute Gasteiger partial charge is 0.359 e. The third-order valence-corrected chi connectivity index (χ3v) is 4.04. The Balaban J connectivity index is 2.46. The summed E-state index contributed by atoms with van der Waals surface area (Å²) >= 11 is 10.9. The van der Waals surface area contributed by atoms with Crippen LogP contribution in [0.4, 0.5) is 0 Å². The van der Waals surface area contributed by atoms with Gasteiger partial charge in [0.1, 0.15) is 0 Å². The zero-order chi connectivity index (χ0) is 16.0. The molecule has 1 heterocycles. The lowest BCUT2D eigenvalue weighted by molar-refractivity contribution is 0.193. The molecule has 1 aliphatic rings. The Hall–Kier alpha value is -1.14. The molecule has 1 fully saturated rings. The van der Waals surface area contributed by atoms with Crippen LogP contribution in [0.3, 0.4) is 0 Å². The average Bonchev–Trinajstić information content (AvgIpc) is 2.41. The minimum atomic E-state index is 0.327. The number of nitrogens with zero attached hydrogens (tertiary/aromatic N) is 2. The van der Waals surface area contributed by atoms with Gasteiger partial charge >= 0.3 is 0 Å². The maximum absolute atomic E-state index is 5.45. The van der Waals surface area contributed by atoms with Crippen molar-refractivity contribution in [2.75, 3.05) is 32.7 Å². The smallest absolute Gasteiger partial charge is 0.169 e. The number of thiocarbonyl (C=S) groups is 2. The summed E-state index contributed by atoms with van der Waals surface area (Å²) in [6.45, 7) is 18.0. The van der Waals surface area contributed by atoms with Crippen molar-refractivity contribution in [1.29, 1.82) is 0 Å². The van der Waals surface area contributed by atoms with Gasteiger partial charge in [0.2, 0.25) is 0 Å². The number of hydrogen-bond acceptors (Lipinski definition) is 2. The molecule has 118 valence electrons. The van der Waals surface area contributed by atoms with Crippen LogP contribution < -0.4 is 10.6 Å². The Morgan fingerprint density at radius 1 is 1.05 bits per heavy atom. The number of piperazine rings is 1. The highest BCUT2D eigenvalue weighted by molar-refractivity contribution is 7.80. The molecule has 0 aromatic carbocycles. The highest BCUT2D eigenvalue weighted by atomic mass is 32.1. The van der Waals surface area contributed by atoms with Crippen molar-refractivity contribution in [3.8, 4) is 0 Å². The first-order valence-electron chi connectivity index (χ1n) is 7.17. The molecule has 1 atom stereocenters. The molecule has 21 heavy (non-hydrogen) atoms. The molecule has 0 aliphatic carbocycles. The van der Waals surface area contributed by atoms with Crippen molar-refractivity contribution in [3.05, 3.63) is 24.3 Å². The summed E-state index contributed by atoms with van der Waals surface area (Å²) < 4.78 is 0. The Bertz CT molecular complexity index is 433. The second-order valence-corrected chi connectivity index (χ2v) is 6.49. The lowest BCUT2D eigenvalue weighted by Gasteiger charge is -2.42. The standard InChI is InChI=1S/C15H26N4S2/c1-11(2)8-16-14(20)18-6-7-19(13(5)10-18)15(21)17-9-12(3)4/h13H,1,3,6-10H2,2,4-5H3,(H,16,20)(H,17,21)/t13-/m0/s1. The maximum Gasteiger partial charge on any atom is 0.169 e. The van der Waals surface area contributed by atoms with Crippen LogP contribution in [0.1, 0.15) is 20.8 Å². The number of rotatable bonds is 4. The van der Waals surface area contributed by atoms with Crippen LogP contribution in [-0.2, 0) is 0 Å². The van der Waals surface area contributed by atoms with E-state index in [9.17, 15) is 0 Å². The van der Waals surface area contributed by atoms with Gasteiger partial charge in [-0.15, -0.1) is 0 Å². The molecular weight excluding hydrogens is 300 g/mol. The average molecular weight is 327 g/mol. The highest BCUT2D eigenvalue weighted by Gasteiger charge is 2.26. The van der Waals surface area contributed by atoms with Crippen LogP contribution in [0.15, 0.2) is 24.3 Å².